The van der Waals surface area contributed by atoms with E-state index in [2.05, 4.69) is 5.32 Å². The van der Waals surface area contributed by atoms with Gasteiger partial charge in [-0.15, -0.1) is 11.3 Å². The molecule has 2 heterocycles. The van der Waals surface area contributed by atoms with Gasteiger partial charge < -0.3 is 15.0 Å². The maximum atomic E-state index is 13.6. The molecule has 1 aromatic heterocycles. The zero-order valence-electron chi connectivity index (χ0n) is 17.5. The van der Waals surface area contributed by atoms with Gasteiger partial charge in [-0.25, -0.2) is 9.18 Å². The van der Waals surface area contributed by atoms with E-state index in [-0.39, 0.29) is 17.9 Å². The van der Waals surface area contributed by atoms with Crippen molar-refractivity contribution in [2.24, 2.45) is 0 Å². The molecule has 160 valence electrons. The molecule has 0 spiro atoms. The first-order valence-electron chi connectivity index (χ1n) is 10.7. The Bertz CT molecular complexity index is 1130. The number of hydrogen-bond donors (Lipinski definition) is 1. The predicted octanol–water partition coefficient (Wildman–Crippen LogP) is 5.95. The van der Waals surface area contributed by atoms with E-state index in [4.69, 9.17) is 4.74 Å². The molecule has 1 atom stereocenters. The number of carbonyl (C=O) groups is 1. The van der Waals surface area contributed by atoms with Gasteiger partial charge in [-0.2, -0.15) is 0 Å². The van der Waals surface area contributed by atoms with Crippen molar-refractivity contribution in [3.8, 4) is 5.75 Å². The number of nitrogens with one attached hydrogen (secondary N) is 1. The molecule has 1 aliphatic carbocycles. The third kappa shape index (κ3) is 3.69. The SMILES string of the molecule is COc1ccccc1[C@@H]1c2sc3c(c2CCN1C(=O)Nc1cccc(F)c1)CCCC3. The third-order valence-electron chi connectivity index (χ3n) is 6.25. The molecule has 1 aliphatic heterocycles. The molecule has 0 unspecified atom stereocenters. The van der Waals surface area contributed by atoms with Crippen LogP contribution in [0.1, 0.15) is 45.3 Å². The zero-order valence-corrected chi connectivity index (χ0v) is 18.3. The van der Waals surface area contributed by atoms with Gasteiger partial charge in [0.2, 0.25) is 0 Å². The highest BCUT2D eigenvalue weighted by molar-refractivity contribution is 7.12. The second-order valence-corrected chi connectivity index (χ2v) is 9.22. The van der Waals surface area contributed by atoms with Gasteiger partial charge in [0.05, 0.1) is 13.2 Å². The number of amides is 2. The van der Waals surface area contributed by atoms with E-state index in [0.29, 0.717) is 12.2 Å². The molecule has 2 aliphatic rings. The molecule has 0 saturated heterocycles. The summed E-state index contributed by atoms with van der Waals surface area (Å²) < 4.78 is 19.3. The van der Waals surface area contributed by atoms with Gasteiger partial charge in [-0.3, -0.25) is 0 Å². The standard InChI is InChI=1S/C25H25FN2O2S/c1-30-21-11-4-2-10-20(21)23-24-19(18-9-3-5-12-22(18)31-24)13-14-28(23)25(29)27-17-8-6-7-16(26)15-17/h2,4,6-8,10-11,15,23H,3,5,9,12-14H2,1H3,(H,27,29)/t23-/m1/s1. The number of fused-ring (bicyclic) bond motifs is 3. The smallest absolute Gasteiger partial charge is 0.322 e. The maximum absolute atomic E-state index is 13.6. The van der Waals surface area contributed by atoms with Crippen molar-refractivity contribution in [1.29, 1.82) is 0 Å². The Morgan fingerprint density at radius 2 is 1.94 bits per heavy atom. The fraction of sp³-hybridized carbons (Fsp3) is 0.320. The first kappa shape index (κ1) is 20.1. The summed E-state index contributed by atoms with van der Waals surface area (Å²) >= 11 is 1.85. The van der Waals surface area contributed by atoms with Crippen molar-refractivity contribution in [2.75, 3.05) is 19.0 Å². The summed E-state index contributed by atoms with van der Waals surface area (Å²) in [6, 6.07) is 13.5. The second-order valence-electron chi connectivity index (χ2n) is 8.08. The average Bonchev–Trinajstić information content (AvgIpc) is 3.17. The lowest BCUT2D eigenvalue weighted by Gasteiger charge is -2.37. The fourth-order valence-corrected chi connectivity index (χ4v) is 6.41. The van der Waals surface area contributed by atoms with Crippen molar-refractivity contribution in [3.63, 3.8) is 0 Å². The molecule has 31 heavy (non-hydrogen) atoms. The van der Waals surface area contributed by atoms with E-state index in [1.165, 1.54) is 45.9 Å². The van der Waals surface area contributed by atoms with Gasteiger partial charge in [0, 0.05) is 27.5 Å². The molecule has 0 bridgehead atoms. The summed E-state index contributed by atoms with van der Waals surface area (Å²) in [4.78, 5) is 18.0. The van der Waals surface area contributed by atoms with Gasteiger partial charge in [-0.1, -0.05) is 24.3 Å². The average molecular weight is 437 g/mol. The highest BCUT2D eigenvalue weighted by Gasteiger charge is 2.37. The number of para-hydroxylation sites is 1. The highest BCUT2D eigenvalue weighted by Crippen LogP contribution is 2.46. The van der Waals surface area contributed by atoms with E-state index in [1.807, 2.05) is 40.5 Å². The topological polar surface area (TPSA) is 41.6 Å². The van der Waals surface area contributed by atoms with Crippen LogP contribution >= 0.6 is 11.3 Å². The van der Waals surface area contributed by atoms with Crippen LogP contribution in [0.5, 0.6) is 5.75 Å². The lowest BCUT2D eigenvalue weighted by Crippen LogP contribution is -2.42. The molecular weight excluding hydrogens is 411 g/mol. The Morgan fingerprint density at radius 1 is 1.10 bits per heavy atom. The molecule has 0 saturated carbocycles. The number of hydrogen-bond acceptors (Lipinski definition) is 3. The van der Waals surface area contributed by atoms with Crippen molar-refractivity contribution >= 4 is 23.1 Å². The summed E-state index contributed by atoms with van der Waals surface area (Å²) in [6.45, 7) is 0.611. The Kier molecular flexibility index (Phi) is 5.40. The van der Waals surface area contributed by atoms with Gasteiger partial charge in [0.25, 0.3) is 0 Å². The predicted molar refractivity (Wildman–Crippen MR) is 122 cm³/mol. The summed E-state index contributed by atoms with van der Waals surface area (Å²) in [7, 11) is 1.67. The third-order valence-corrected chi connectivity index (χ3v) is 7.63. The number of nitrogens with zero attached hydrogens (tertiary/aromatic N) is 1. The van der Waals surface area contributed by atoms with Crippen molar-refractivity contribution < 1.29 is 13.9 Å². The number of carbonyl (C=O) groups excluding carboxylic acids is 1. The molecule has 2 aromatic carbocycles. The van der Waals surface area contributed by atoms with E-state index in [9.17, 15) is 9.18 Å². The van der Waals surface area contributed by atoms with Gasteiger partial charge in [-0.05, 0) is 67.5 Å². The van der Waals surface area contributed by atoms with Crippen molar-refractivity contribution in [3.05, 3.63) is 80.8 Å². The number of thiophene rings is 1. The largest absolute Gasteiger partial charge is 0.496 e. The molecular formula is C25H25FN2O2S. The molecule has 4 nitrogen and oxygen atoms in total. The zero-order chi connectivity index (χ0) is 21.4. The summed E-state index contributed by atoms with van der Waals surface area (Å²) in [5, 5.41) is 2.89. The Morgan fingerprint density at radius 3 is 2.77 bits per heavy atom. The minimum Gasteiger partial charge on any atom is -0.496 e. The number of aryl methyl sites for hydroxylation is 1. The van der Waals surface area contributed by atoms with Crippen LogP contribution in [0, 0.1) is 5.82 Å². The van der Waals surface area contributed by atoms with E-state index in [0.717, 1.165) is 30.6 Å². The first-order chi connectivity index (χ1) is 15.2. The number of anilines is 1. The second kappa shape index (κ2) is 8.35. The highest BCUT2D eigenvalue weighted by atomic mass is 32.1. The number of benzene rings is 2. The monoisotopic (exact) mass is 436 g/mol. The molecule has 0 fully saturated rings. The molecule has 2 amide bonds. The lowest BCUT2D eigenvalue weighted by molar-refractivity contribution is 0.194. The Balaban J connectivity index is 1.57. The molecule has 0 radical (unpaired) electrons. The quantitative estimate of drug-likeness (QED) is 0.551. The normalized spacial score (nSPS) is 17.6. The van der Waals surface area contributed by atoms with Crippen LogP contribution in [-0.2, 0) is 19.3 Å². The van der Waals surface area contributed by atoms with Gasteiger partial charge in [0.15, 0.2) is 0 Å². The Labute approximate surface area is 185 Å². The van der Waals surface area contributed by atoms with Crippen LogP contribution in [0.25, 0.3) is 0 Å². The van der Waals surface area contributed by atoms with E-state index in [1.54, 1.807) is 19.2 Å². The van der Waals surface area contributed by atoms with E-state index < -0.39 is 0 Å². The van der Waals surface area contributed by atoms with Crippen LogP contribution in [0.4, 0.5) is 14.9 Å². The maximum Gasteiger partial charge on any atom is 0.322 e. The van der Waals surface area contributed by atoms with Crippen LogP contribution < -0.4 is 10.1 Å². The minimum absolute atomic E-state index is 0.218. The molecule has 6 heteroatoms. The number of rotatable bonds is 3. The summed E-state index contributed by atoms with van der Waals surface area (Å²) in [6.07, 6.45) is 5.58. The summed E-state index contributed by atoms with van der Waals surface area (Å²) in [5.41, 5.74) is 4.38. The van der Waals surface area contributed by atoms with Gasteiger partial charge in [0.1, 0.15) is 11.6 Å². The first-order valence-corrected chi connectivity index (χ1v) is 11.6. The summed E-state index contributed by atoms with van der Waals surface area (Å²) in [5.74, 6) is 0.404. The number of methoxy groups -OCH3 is 1. The Hall–Kier alpha value is -2.86. The molecule has 5 rings (SSSR count). The van der Waals surface area contributed by atoms with E-state index >= 15 is 0 Å². The van der Waals surface area contributed by atoms with Crippen molar-refractivity contribution in [2.45, 2.75) is 38.1 Å². The van der Waals surface area contributed by atoms with Gasteiger partial charge >= 0.3 is 6.03 Å². The van der Waals surface area contributed by atoms with Crippen LogP contribution in [0.3, 0.4) is 0 Å². The lowest BCUT2D eigenvalue weighted by atomic mass is 9.88. The number of ether oxygens (including phenoxy) is 1. The van der Waals surface area contributed by atoms with Crippen LogP contribution in [0.15, 0.2) is 48.5 Å². The number of urea groups is 1. The molecule has 3 aromatic rings. The number of halogens is 1. The van der Waals surface area contributed by atoms with Crippen molar-refractivity contribution in [1.82, 2.24) is 4.90 Å². The fourth-order valence-electron chi connectivity index (χ4n) is 4.83. The van der Waals surface area contributed by atoms with Crippen LogP contribution in [-0.4, -0.2) is 24.6 Å². The minimum atomic E-state index is -0.369. The molecule has 1 N–H and O–H groups in total. The van der Waals surface area contributed by atoms with Crippen LogP contribution in [0.2, 0.25) is 0 Å².